The van der Waals surface area contributed by atoms with Crippen molar-refractivity contribution >= 4 is 33.2 Å². The largest absolute Gasteiger partial charge is 0.355 e. The van der Waals surface area contributed by atoms with E-state index in [9.17, 15) is 4.79 Å². The van der Waals surface area contributed by atoms with Crippen LogP contribution in [-0.2, 0) is 11.3 Å². The number of thiophene rings is 1. The first-order valence-corrected chi connectivity index (χ1v) is 8.62. The maximum atomic E-state index is 11.5. The predicted octanol–water partition coefficient (Wildman–Crippen LogP) is 3.79. The van der Waals surface area contributed by atoms with Crippen LogP contribution >= 0.6 is 27.3 Å². The third kappa shape index (κ3) is 4.95. The zero-order valence-electron chi connectivity index (χ0n) is 12.0. The number of carbonyl (C=O) groups excluding carboxylic acids is 1. The normalized spacial score (nSPS) is 10.6. The van der Waals surface area contributed by atoms with Crippen LogP contribution in [0.3, 0.4) is 0 Å². The molecule has 1 amide bonds. The number of nitrogens with one attached hydrogen (secondary N) is 2. The van der Waals surface area contributed by atoms with Crippen LogP contribution in [0.1, 0.15) is 18.2 Å². The minimum Gasteiger partial charge on any atom is -0.355 e. The van der Waals surface area contributed by atoms with E-state index in [-0.39, 0.29) is 5.91 Å². The van der Waals surface area contributed by atoms with Crippen LogP contribution in [0.25, 0.3) is 10.4 Å². The van der Waals surface area contributed by atoms with E-state index < -0.39 is 0 Å². The summed E-state index contributed by atoms with van der Waals surface area (Å²) >= 11 is 5.32. The molecule has 0 fully saturated rings. The van der Waals surface area contributed by atoms with Gasteiger partial charge in [0.05, 0.1) is 6.54 Å². The molecule has 2 aromatic rings. The van der Waals surface area contributed by atoms with Crippen molar-refractivity contribution in [3.63, 3.8) is 0 Å². The van der Waals surface area contributed by atoms with Gasteiger partial charge < -0.3 is 10.6 Å². The van der Waals surface area contributed by atoms with Gasteiger partial charge >= 0.3 is 0 Å². The fourth-order valence-electron chi connectivity index (χ4n) is 1.90. The van der Waals surface area contributed by atoms with E-state index in [4.69, 9.17) is 0 Å². The van der Waals surface area contributed by atoms with Gasteiger partial charge in [0.15, 0.2) is 0 Å². The second-order valence-corrected chi connectivity index (χ2v) is 6.72. The van der Waals surface area contributed by atoms with E-state index in [1.54, 1.807) is 11.3 Å². The summed E-state index contributed by atoms with van der Waals surface area (Å²) in [5, 5.41) is 6.03. The number of amides is 1. The highest BCUT2D eigenvalue weighted by Gasteiger charge is 2.06. The lowest BCUT2D eigenvalue weighted by Crippen LogP contribution is -2.33. The van der Waals surface area contributed by atoms with Crippen LogP contribution in [0.4, 0.5) is 0 Å². The van der Waals surface area contributed by atoms with Crippen molar-refractivity contribution in [1.29, 1.82) is 0 Å². The Morgan fingerprint density at radius 3 is 2.81 bits per heavy atom. The molecule has 5 heteroatoms. The van der Waals surface area contributed by atoms with E-state index in [1.165, 1.54) is 15.3 Å². The Labute approximate surface area is 137 Å². The zero-order chi connectivity index (χ0) is 15.1. The first-order chi connectivity index (χ1) is 10.2. The molecule has 1 aromatic carbocycles. The molecule has 1 heterocycles. The van der Waals surface area contributed by atoms with Gasteiger partial charge in [-0.1, -0.05) is 41.1 Å². The van der Waals surface area contributed by atoms with Crippen molar-refractivity contribution in [3.8, 4) is 10.4 Å². The minimum absolute atomic E-state index is 0.0550. The van der Waals surface area contributed by atoms with Gasteiger partial charge in [0.25, 0.3) is 0 Å². The Morgan fingerprint density at radius 1 is 1.24 bits per heavy atom. The molecule has 1 aromatic heterocycles. The van der Waals surface area contributed by atoms with Crippen LogP contribution in [0, 0.1) is 0 Å². The molecule has 2 rings (SSSR count). The molecule has 21 heavy (non-hydrogen) atoms. The summed E-state index contributed by atoms with van der Waals surface area (Å²) in [5.74, 6) is 0.0550. The Bertz CT molecular complexity index is 597. The highest BCUT2D eigenvalue weighted by atomic mass is 79.9. The Balaban J connectivity index is 1.87. The average molecular weight is 367 g/mol. The van der Waals surface area contributed by atoms with Gasteiger partial charge in [0, 0.05) is 32.9 Å². The third-order valence-electron chi connectivity index (χ3n) is 2.96. The molecule has 0 unspecified atom stereocenters. The monoisotopic (exact) mass is 366 g/mol. The van der Waals surface area contributed by atoms with Crippen LogP contribution < -0.4 is 10.6 Å². The summed E-state index contributed by atoms with van der Waals surface area (Å²) in [5.41, 5.74) is 1.20. The van der Waals surface area contributed by atoms with Crippen molar-refractivity contribution in [1.82, 2.24) is 10.6 Å². The molecule has 0 atom stereocenters. The first kappa shape index (κ1) is 16.2. The van der Waals surface area contributed by atoms with Gasteiger partial charge in [0.1, 0.15) is 0 Å². The molecule has 112 valence electrons. The van der Waals surface area contributed by atoms with E-state index in [0.29, 0.717) is 13.1 Å². The lowest BCUT2D eigenvalue weighted by molar-refractivity contribution is -0.120. The third-order valence-corrected chi connectivity index (χ3v) is 4.77. The van der Waals surface area contributed by atoms with Gasteiger partial charge in [-0.05, 0) is 24.6 Å². The van der Waals surface area contributed by atoms with E-state index in [0.717, 1.165) is 17.4 Å². The molecule has 0 saturated heterocycles. The molecular formula is C16H19BrN2OS. The number of hydrogen-bond donors (Lipinski definition) is 2. The van der Waals surface area contributed by atoms with Gasteiger partial charge in [-0.25, -0.2) is 0 Å². The van der Waals surface area contributed by atoms with E-state index in [1.807, 2.05) is 25.1 Å². The number of hydrogen-bond acceptors (Lipinski definition) is 3. The summed E-state index contributed by atoms with van der Waals surface area (Å²) in [7, 11) is 0. The van der Waals surface area contributed by atoms with Crippen molar-refractivity contribution in [2.24, 2.45) is 0 Å². The fraction of sp³-hybridized carbons (Fsp3) is 0.312. The summed E-state index contributed by atoms with van der Waals surface area (Å²) < 4.78 is 1.10. The summed E-state index contributed by atoms with van der Waals surface area (Å²) in [6.07, 6.45) is 0.964. The van der Waals surface area contributed by atoms with Crippen LogP contribution in [0.15, 0.2) is 40.9 Å². The maximum Gasteiger partial charge on any atom is 0.233 e. The number of benzene rings is 1. The van der Waals surface area contributed by atoms with Gasteiger partial charge in [-0.3, -0.25) is 4.79 Å². The lowest BCUT2D eigenvalue weighted by Gasteiger charge is -2.04. The number of rotatable bonds is 7. The number of carbonyl (C=O) groups is 1. The summed E-state index contributed by atoms with van der Waals surface area (Å²) in [6, 6.07) is 12.4. The van der Waals surface area contributed by atoms with Gasteiger partial charge in [-0.2, -0.15) is 0 Å². The van der Waals surface area contributed by atoms with Crippen LogP contribution in [0.2, 0.25) is 0 Å². The molecule has 0 bridgehead atoms. The standard InChI is InChI=1S/C16H19BrN2OS/c1-2-9-19-16(20)11-18-10-12-7-8-15(21-12)13-5-3-4-6-14(13)17/h3-8,18H,2,9-11H2,1H3,(H,19,20). The number of halogens is 1. The molecule has 2 N–H and O–H groups in total. The molecule has 0 spiro atoms. The predicted molar refractivity (Wildman–Crippen MR) is 92.5 cm³/mol. The van der Waals surface area contributed by atoms with Crippen molar-refractivity contribution in [2.45, 2.75) is 19.9 Å². The van der Waals surface area contributed by atoms with Crippen LogP contribution in [-0.4, -0.2) is 19.0 Å². The topological polar surface area (TPSA) is 41.1 Å². The molecule has 0 radical (unpaired) electrons. The molecule has 3 nitrogen and oxygen atoms in total. The molecule has 0 aliphatic heterocycles. The average Bonchev–Trinajstić information content (AvgIpc) is 2.94. The summed E-state index contributed by atoms with van der Waals surface area (Å²) in [6.45, 7) is 3.87. The van der Waals surface area contributed by atoms with E-state index >= 15 is 0 Å². The minimum atomic E-state index is 0.0550. The smallest absolute Gasteiger partial charge is 0.233 e. The molecule has 0 aliphatic rings. The summed E-state index contributed by atoms with van der Waals surface area (Å²) in [4.78, 5) is 13.9. The Hall–Kier alpha value is -1.17. The molecule has 0 aliphatic carbocycles. The highest BCUT2D eigenvalue weighted by molar-refractivity contribution is 9.10. The fourth-order valence-corrected chi connectivity index (χ4v) is 3.55. The van der Waals surface area contributed by atoms with Gasteiger partial charge in [0.2, 0.25) is 5.91 Å². The van der Waals surface area contributed by atoms with E-state index in [2.05, 4.69) is 44.8 Å². The van der Waals surface area contributed by atoms with Crippen molar-refractivity contribution < 1.29 is 4.79 Å². The molecule has 0 saturated carbocycles. The zero-order valence-corrected chi connectivity index (χ0v) is 14.4. The second-order valence-electron chi connectivity index (χ2n) is 4.70. The lowest BCUT2D eigenvalue weighted by atomic mass is 10.2. The quantitative estimate of drug-likeness (QED) is 0.782. The van der Waals surface area contributed by atoms with Crippen molar-refractivity contribution in [3.05, 3.63) is 45.7 Å². The Morgan fingerprint density at radius 2 is 2.05 bits per heavy atom. The highest BCUT2D eigenvalue weighted by Crippen LogP contribution is 2.33. The first-order valence-electron chi connectivity index (χ1n) is 7.01. The second kappa shape index (κ2) is 8.32. The Kier molecular flexibility index (Phi) is 6.42. The van der Waals surface area contributed by atoms with Gasteiger partial charge in [-0.15, -0.1) is 11.3 Å². The van der Waals surface area contributed by atoms with Crippen molar-refractivity contribution in [2.75, 3.05) is 13.1 Å². The molecular weight excluding hydrogens is 348 g/mol. The SMILES string of the molecule is CCCNC(=O)CNCc1ccc(-c2ccccc2Br)s1. The van der Waals surface area contributed by atoms with Crippen LogP contribution in [0.5, 0.6) is 0 Å². The maximum absolute atomic E-state index is 11.5.